The second kappa shape index (κ2) is 6.60. The molecule has 1 aromatic carbocycles. The van der Waals surface area contributed by atoms with Crippen LogP contribution in [0.2, 0.25) is 5.02 Å². The molecule has 0 bridgehead atoms. The van der Waals surface area contributed by atoms with Gasteiger partial charge in [-0.15, -0.1) is 0 Å². The summed E-state index contributed by atoms with van der Waals surface area (Å²) >= 11 is 5.96. The van der Waals surface area contributed by atoms with Crippen LogP contribution in [0.1, 0.15) is 6.42 Å². The predicted molar refractivity (Wildman–Crippen MR) is 99.3 cm³/mol. The van der Waals surface area contributed by atoms with Gasteiger partial charge in [0.1, 0.15) is 5.82 Å². The fourth-order valence-corrected chi connectivity index (χ4v) is 3.15. The molecular formula is C17H18ClN7. The van der Waals surface area contributed by atoms with E-state index in [2.05, 4.69) is 25.3 Å². The summed E-state index contributed by atoms with van der Waals surface area (Å²) in [6.45, 7) is 1.87. The second-order valence-corrected chi connectivity index (χ2v) is 6.41. The zero-order valence-electron chi connectivity index (χ0n) is 13.5. The molecule has 128 valence electrons. The molecule has 1 saturated heterocycles. The molecule has 25 heavy (non-hydrogen) atoms. The van der Waals surface area contributed by atoms with Gasteiger partial charge in [-0.2, -0.15) is 15.1 Å². The zero-order chi connectivity index (χ0) is 17.2. The van der Waals surface area contributed by atoms with Crippen molar-refractivity contribution in [1.82, 2.24) is 19.7 Å². The summed E-state index contributed by atoms with van der Waals surface area (Å²) in [7, 11) is 0. The maximum Gasteiger partial charge on any atom is 0.224 e. The molecule has 1 fully saturated rings. The fraction of sp³-hybridized carbons (Fsp3) is 0.235. The molecule has 1 aliphatic heterocycles. The molecule has 3 N–H and O–H groups in total. The number of rotatable bonds is 4. The highest BCUT2D eigenvalue weighted by molar-refractivity contribution is 6.30. The summed E-state index contributed by atoms with van der Waals surface area (Å²) in [5.41, 5.74) is 7.02. The monoisotopic (exact) mass is 355 g/mol. The van der Waals surface area contributed by atoms with Crippen LogP contribution >= 0.6 is 11.6 Å². The third kappa shape index (κ3) is 3.51. The number of halogens is 1. The Balaban J connectivity index is 1.47. The number of hydrogen-bond donors (Lipinski definition) is 2. The lowest BCUT2D eigenvalue weighted by molar-refractivity contribution is 0.794. The van der Waals surface area contributed by atoms with E-state index in [9.17, 15) is 0 Å². The first-order valence-electron chi connectivity index (χ1n) is 8.09. The first-order chi connectivity index (χ1) is 12.2. The van der Waals surface area contributed by atoms with E-state index in [1.165, 1.54) is 5.69 Å². The zero-order valence-corrected chi connectivity index (χ0v) is 14.3. The molecule has 7 nitrogen and oxygen atoms in total. The van der Waals surface area contributed by atoms with Crippen molar-refractivity contribution in [3.8, 4) is 5.82 Å². The van der Waals surface area contributed by atoms with Gasteiger partial charge >= 0.3 is 0 Å². The molecule has 1 aliphatic rings. The lowest BCUT2D eigenvalue weighted by Gasteiger charge is -2.19. The van der Waals surface area contributed by atoms with E-state index < -0.39 is 0 Å². The third-order valence-electron chi connectivity index (χ3n) is 4.20. The summed E-state index contributed by atoms with van der Waals surface area (Å²) in [5, 5.41) is 8.39. The number of hydrogen-bond acceptors (Lipinski definition) is 6. The Morgan fingerprint density at radius 1 is 1.20 bits per heavy atom. The van der Waals surface area contributed by atoms with Crippen molar-refractivity contribution in [3.05, 3.63) is 53.8 Å². The van der Waals surface area contributed by atoms with Gasteiger partial charge in [0.2, 0.25) is 5.95 Å². The van der Waals surface area contributed by atoms with E-state index in [1.807, 2.05) is 42.6 Å². The number of nitrogens with one attached hydrogen (secondary N) is 1. The van der Waals surface area contributed by atoms with E-state index >= 15 is 0 Å². The van der Waals surface area contributed by atoms with Crippen molar-refractivity contribution in [1.29, 1.82) is 0 Å². The maximum atomic E-state index is 5.96. The van der Waals surface area contributed by atoms with Gasteiger partial charge in [0.25, 0.3) is 0 Å². The van der Waals surface area contributed by atoms with Crippen LogP contribution in [0.4, 0.5) is 17.5 Å². The van der Waals surface area contributed by atoms with Crippen LogP contribution in [0, 0.1) is 0 Å². The van der Waals surface area contributed by atoms with Gasteiger partial charge in [0.05, 0.1) is 0 Å². The lowest BCUT2D eigenvalue weighted by atomic mass is 10.2. The standard InChI is InChI=1S/C17H18ClN7/c18-12-2-4-14(5-3-12)24-9-6-13(11-24)21-15-10-16(23-17(19)22-15)25-8-1-7-20-25/h1-5,7-8,10,13H,6,9,11H2,(H3,19,21,22,23). The fourth-order valence-electron chi connectivity index (χ4n) is 3.02. The number of nitrogens with zero attached hydrogens (tertiary/aromatic N) is 5. The Morgan fingerprint density at radius 3 is 2.80 bits per heavy atom. The summed E-state index contributed by atoms with van der Waals surface area (Å²) in [5.74, 6) is 1.58. The highest BCUT2D eigenvalue weighted by Gasteiger charge is 2.23. The minimum atomic E-state index is 0.225. The minimum absolute atomic E-state index is 0.225. The predicted octanol–water partition coefficient (Wildman–Crippen LogP) is 2.59. The summed E-state index contributed by atoms with van der Waals surface area (Å²) < 4.78 is 1.66. The number of anilines is 3. The van der Waals surface area contributed by atoms with Gasteiger partial charge in [-0.05, 0) is 36.8 Å². The summed E-state index contributed by atoms with van der Waals surface area (Å²) in [4.78, 5) is 10.8. The first kappa shape index (κ1) is 15.7. The molecule has 0 spiro atoms. The van der Waals surface area contributed by atoms with Crippen molar-refractivity contribution < 1.29 is 0 Å². The van der Waals surface area contributed by atoms with Crippen molar-refractivity contribution in [2.24, 2.45) is 0 Å². The van der Waals surface area contributed by atoms with Crippen LogP contribution in [0.25, 0.3) is 5.82 Å². The molecule has 0 amide bonds. The lowest BCUT2D eigenvalue weighted by Crippen LogP contribution is -2.26. The molecule has 3 heterocycles. The van der Waals surface area contributed by atoms with Gasteiger partial charge in [-0.1, -0.05) is 11.6 Å². The average molecular weight is 356 g/mol. The molecule has 3 aromatic rings. The smallest absolute Gasteiger partial charge is 0.224 e. The van der Waals surface area contributed by atoms with E-state index in [0.717, 1.165) is 24.5 Å². The highest BCUT2D eigenvalue weighted by Crippen LogP contribution is 2.24. The van der Waals surface area contributed by atoms with Gasteiger partial charge < -0.3 is 16.0 Å². The Bertz CT molecular complexity index is 848. The van der Waals surface area contributed by atoms with Gasteiger partial charge in [0.15, 0.2) is 5.82 Å². The third-order valence-corrected chi connectivity index (χ3v) is 4.45. The minimum Gasteiger partial charge on any atom is -0.369 e. The number of nitrogens with two attached hydrogens (primary N) is 1. The molecule has 0 aliphatic carbocycles. The van der Waals surface area contributed by atoms with Crippen LogP contribution in [-0.4, -0.2) is 38.9 Å². The van der Waals surface area contributed by atoms with E-state index in [1.54, 1.807) is 10.9 Å². The Morgan fingerprint density at radius 2 is 2.04 bits per heavy atom. The molecule has 8 heteroatoms. The van der Waals surface area contributed by atoms with Crippen LogP contribution in [0.15, 0.2) is 48.8 Å². The van der Waals surface area contributed by atoms with Crippen LogP contribution in [-0.2, 0) is 0 Å². The second-order valence-electron chi connectivity index (χ2n) is 5.97. The van der Waals surface area contributed by atoms with E-state index in [0.29, 0.717) is 11.6 Å². The number of aromatic nitrogens is 4. The van der Waals surface area contributed by atoms with Gasteiger partial charge in [-0.3, -0.25) is 0 Å². The molecular weight excluding hydrogens is 338 g/mol. The Labute approximate surface area is 150 Å². The SMILES string of the molecule is Nc1nc(NC2CCN(c3ccc(Cl)cc3)C2)cc(-n2cccn2)n1. The number of benzene rings is 1. The van der Waals surface area contributed by atoms with E-state index in [-0.39, 0.29) is 12.0 Å². The summed E-state index contributed by atoms with van der Waals surface area (Å²) in [6.07, 6.45) is 4.54. The van der Waals surface area contributed by atoms with Crippen molar-refractivity contribution >= 4 is 29.1 Å². The van der Waals surface area contributed by atoms with Gasteiger partial charge in [0, 0.05) is 48.3 Å². The number of nitrogen functional groups attached to an aromatic ring is 1. The highest BCUT2D eigenvalue weighted by atomic mass is 35.5. The van der Waals surface area contributed by atoms with E-state index in [4.69, 9.17) is 17.3 Å². The molecule has 2 aromatic heterocycles. The van der Waals surface area contributed by atoms with Crippen LogP contribution < -0.4 is 16.0 Å². The van der Waals surface area contributed by atoms with Gasteiger partial charge in [-0.25, -0.2) is 4.68 Å². The van der Waals surface area contributed by atoms with Crippen LogP contribution in [0.3, 0.4) is 0 Å². The summed E-state index contributed by atoms with van der Waals surface area (Å²) in [6, 6.07) is 11.9. The Kier molecular flexibility index (Phi) is 4.15. The molecule has 1 unspecified atom stereocenters. The normalized spacial score (nSPS) is 17.0. The first-order valence-corrected chi connectivity index (χ1v) is 8.47. The molecule has 0 saturated carbocycles. The van der Waals surface area contributed by atoms with Crippen LogP contribution in [0.5, 0.6) is 0 Å². The maximum absolute atomic E-state index is 5.96. The quantitative estimate of drug-likeness (QED) is 0.748. The van der Waals surface area contributed by atoms with Crippen molar-refractivity contribution in [2.75, 3.05) is 29.0 Å². The molecule has 0 radical (unpaired) electrons. The molecule has 1 atom stereocenters. The largest absolute Gasteiger partial charge is 0.369 e. The Hall–Kier alpha value is -2.80. The van der Waals surface area contributed by atoms with Crippen molar-refractivity contribution in [3.63, 3.8) is 0 Å². The average Bonchev–Trinajstić information content (AvgIpc) is 3.27. The topological polar surface area (TPSA) is 84.9 Å². The van der Waals surface area contributed by atoms with Crippen molar-refractivity contribution in [2.45, 2.75) is 12.5 Å². The molecule has 4 rings (SSSR count).